The number of fused-ring (bicyclic) bond motifs is 1. The van der Waals surface area contributed by atoms with Crippen LogP contribution < -0.4 is 9.47 Å². The average molecular weight is 324 g/mol. The van der Waals surface area contributed by atoms with E-state index in [1.165, 1.54) is 12.5 Å². The summed E-state index contributed by atoms with van der Waals surface area (Å²) < 4.78 is 11.2. The Morgan fingerprint density at radius 2 is 1.83 bits per heavy atom. The molecular weight excluding hydrogens is 304 g/mol. The lowest BCUT2D eigenvalue weighted by molar-refractivity contribution is -0.131. The van der Waals surface area contributed by atoms with Gasteiger partial charge in [-0.1, -0.05) is 30.3 Å². The minimum atomic E-state index is -0.561. The molecule has 124 valence electrons. The highest BCUT2D eigenvalue weighted by Crippen LogP contribution is 2.36. The van der Waals surface area contributed by atoms with Gasteiger partial charge in [0.15, 0.2) is 5.78 Å². The van der Waals surface area contributed by atoms with Crippen molar-refractivity contribution in [3.8, 4) is 11.5 Å². The monoisotopic (exact) mass is 324 g/mol. The summed E-state index contributed by atoms with van der Waals surface area (Å²) >= 11 is 0. The van der Waals surface area contributed by atoms with Crippen molar-refractivity contribution in [2.24, 2.45) is 0 Å². The molecule has 2 aromatic rings. The lowest BCUT2D eigenvalue weighted by atomic mass is 9.87. The van der Waals surface area contributed by atoms with Gasteiger partial charge in [-0.25, -0.2) is 0 Å². The summed E-state index contributed by atoms with van der Waals surface area (Å²) in [6.07, 6.45) is 1.89. The van der Waals surface area contributed by atoms with Gasteiger partial charge < -0.3 is 9.47 Å². The molecule has 24 heavy (non-hydrogen) atoms. The molecule has 0 aromatic heterocycles. The number of Topliss-reactive ketones (excluding diaryl/α,β-unsaturated/α-hetero) is 1. The fraction of sp³-hybridized carbons (Fsp3) is 0.300. The molecule has 0 bridgehead atoms. The Labute approximate surface area is 141 Å². The Morgan fingerprint density at radius 3 is 2.62 bits per heavy atom. The molecule has 3 rings (SSSR count). The highest BCUT2D eigenvalue weighted by Gasteiger charge is 2.34. The van der Waals surface area contributed by atoms with E-state index in [0.717, 1.165) is 18.6 Å². The lowest BCUT2D eigenvalue weighted by Crippen LogP contribution is -2.38. The van der Waals surface area contributed by atoms with E-state index in [1.807, 2.05) is 31.2 Å². The maximum absolute atomic E-state index is 12.8. The highest BCUT2D eigenvalue weighted by atomic mass is 16.5. The fourth-order valence-electron chi connectivity index (χ4n) is 3.03. The number of carbonyl (C=O) groups excluding carboxylic acids is 2. The van der Waals surface area contributed by atoms with Gasteiger partial charge in [0.05, 0.1) is 12.0 Å². The zero-order valence-corrected chi connectivity index (χ0v) is 13.9. The summed E-state index contributed by atoms with van der Waals surface area (Å²) in [5.41, 5.74) is 1.02. The second-order valence-electron chi connectivity index (χ2n) is 6.35. The largest absolute Gasteiger partial charge is 0.487 e. The highest BCUT2D eigenvalue weighted by molar-refractivity contribution is 5.99. The standard InChI is InChI=1S/C20H20O4/c1-14(21)23-19-10-6-4-8-16(19)17(22)13-20(2)12-11-15-7-3-5-9-18(15)24-20/h3-10H,11-13H2,1-2H3. The molecule has 0 N–H and O–H groups in total. The molecule has 1 heterocycles. The van der Waals surface area contributed by atoms with Gasteiger partial charge in [-0.2, -0.15) is 0 Å². The second kappa shape index (κ2) is 6.48. The maximum atomic E-state index is 12.8. The molecule has 0 fully saturated rings. The van der Waals surface area contributed by atoms with Crippen molar-refractivity contribution in [2.75, 3.05) is 0 Å². The first kappa shape index (κ1) is 16.2. The maximum Gasteiger partial charge on any atom is 0.308 e. The van der Waals surface area contributed by atoms with Crippen LogP contribution in [0.25, 0.3) is 0 Å². The van der Waals surface area contributed by atoms with Gasteiger partial charge in [0.1, 0.15) is 17.1 Å². The minimum Gasteiger partial charge on any atom is -0.487 e. The van der Waals surface area contributed by atoms with Crippen LogP contribution in [0.5, 0.6) is 11.5 Å². The van der Waals surface area contributed by atoms with Gasteiger partial charge in [-0.3, -0.25) is 9.59 Å². The van der Waals surface area contributed by atoms with Crippen LogP contribution in [0, 0.1) is 0 Å². The third-order valence-corrected chi connectivity index (χ3v) is 4.23. The topological polar surface area (TPSA) is 52.6 Å². The normalized spacial score (nSPS) is 19.1. The number of ketones is 1. The van der Waals surface area contributed by atoms with Crippen molar-refractivity contribution >= 4 is 11.8 Å². The third-order valence-electron chi connectivity index (χ3n) is 4.23. The Morgan fingerprint density at radius 1 is 1.12 bits per heavy atom. The number of benzene rings is 2. The predicted molar refractivity (Wildman–Crippen MR) is 90.5 cm³/mol. The van der Waals surface area contributed by atoms with E-state index < -0.39 is 11.6 Å². The van der Waals surface area contributed by atoms with Gasteiger partial charge in [0, 0.05) is 6.92 Å². The zero-order chi connectivity index (χ0) is 17.2. The molecule has 1 aliphatic rings. The molecule has 4 nitrogen and oxygen atoms in total. The summed E-state index contributed by atoms with van der Waals surface area (Å²) in [7, 11) is 0. The quantitative estimate of drug-likeness (QED) is 0.485. The van der Waals surface area contributed by atoms with Crippen LogP contribution in [0.15, 0.2) is 48.5 Å². The Balaban J connectivity index is 1.79. The van der Waals surface area contributed by atoms with E-state index in [0.29, 0.717) is 11.3 Å². The van der Waals surface area contributed by atoms with Crippen LogP contribution in [-0.2, 0) is 11.2 Å². The van der Waals surface area contributed by atoms with Crippen LogP contribution in [0.2, 0.25) is 0 Å². The molecule has 1 aliphatic heterocycles. The van der Waals surface area contributed by atoms with Crippen LogP contribution >= 0.6 is 0 Å². The lowest BCUT2D eigenvalue weighted by Gasteiger charge is -2.35. The van der Waals surface area contributed by atoms with Crippen molar-refractivity contribution in [3.05, 3.63) is 59.7 Å². The summed E-state index contributed by atoms with van der Waals surface area (Å²) in [5, 5.41) is 0. The second-order valence-corrected chi connectivity index (χ2v) is 6.35. The molecule has 1 atom stereocenters. The summed E-state index contributed by atoms with van der Waals surface area (Å²) in [4.78, 5) is 24.0. The Bertz CT molecular complexity index is 781. The first-order chi connectivity index (χ1) is 11.5. The summed E-state index contributed by atoms with van der Waals surface area (Å²) in [5.74, 6) is 0.611. The van der Waals surface area contributed by atoms with Gasteiger partial charge in [-0.05, 0) is 43.5 Å². The Hall–Kier alpha value is -2.62. The molecule has 0 saturated carbocycles. The van der Waals surface area contributed by atoms with Gasteiger partial charge in [0.2, 0.25) is 0 Å². The van der Waals surface area contributed by atoms with E-state index in [2.05, 4.69) is 0 Å². The summed E-state index contributed by atoms with van der Waals surface area (Å²) in [6, 6.07) is 14.7. The molecule has 2 aromatic carbocycles. The number of carbonyl (C=O) groups is 2. The smallest absolute Gasteiger partial charge is 0.308 e. The molecule has 4 heteroatoms. The molecule has 0 aliphatic carbocycles. The van der Waals surface area contributed by atoms with E-state index in [4.69, 9.17) is 9.47 Å². The van der Waals surface area contributed by atoms with E-state index in [1.54, 1.807) is 24.3 Å². The Kier molecular flexibility index (Phi) is 4.38. The van der Waals surface area contributed by atoms with Crippen LogP contribution in [-0.4, -0.2) is 17.4 Å². The van der Waals surface area contributed by atoms with Gasteiger partial charge >= 0.3 is 5.97 Å². The number of esters is 1. The molecular formula is C20H20O4. The first-order valence-electron chi connectivity index (χ1n) is 8.04. The SMILES string of the molecule is CC(=O)Oc1ccccc1C(=O)CC1(C)CCc2ccccc2O1. The molecule has 0 spiro atoms. The van der Waals surface area contributed by atoms with Crippen molar-refractivity contribution in [1.82, 2.24) is 0 Å². The number of hydrogen-bond acceptors (Lipinski definition) is 4. The van der Waals surface area contributed by atoms with Crippen LogP contribution in [0.1, 0.15) is 42.6 Å². The molecule has 1 unspecified atom stereocenters. The fourth-order valence-corrected chi connectivity index (χ4v) is 3.03. The number of rotatable bonds is 4. The van der Waals surface area contributed by atoms with Crippen molar-refractivity contribution in [1.29, 1.82) is 0 Å². The third kappa shape index (κ3) is 3.48. The number of ether oxygens (including phenoxy) is 2. The average Bonchev–Trinajstić information content (AvgIpc) is 2.54. The molecule has 0 saturated heterocycles. The van der Waals surface area contributed by atoms with Crippen molar-refractivity contribution in [2.45, 2.75) is 38.7 Å². The minimum absolute atomic E-state index is 0.0891. The van der Waals surface area contributed by atoms with Gasteiger partial charge in [0.25, 0.3) is 0 Å². The zero-order valence-electron chi connectivity index (χ0n) is 13.9. The predicted octanol–water partition coefficient (Wildman–Crippen LogP) is 3.97. The molecule has 0 radical (unpaired) electrons. The van der Waals surface area contributed by atoms with Gasteiger partial charge in [-0.15, -0.1) is 0 Å². The first-order valence-corrected chi connectivity index (χ1v) is 8.04. The van der Waals surface area contributed by atoms with E-state index in [9.17, 15) is 9.59 Å². The summed E-state index contributed by atoms with van der Waals surface area (Å²) in [6.45, 7) is 3.28. The van der Waals surface area contributed by atoms with E-state index in [-0.39, 0.29) is 12.2 Å². The number of aryl methyl sites for hydroxylation is 1. The number of para-hydroxylation sites is 2. The van der Waals surface area contributed by atoms with Crippen LogP contribution in [0.3, 0.4) is 0 Å². The number of hydrogen-bond donors (Lipinski definition) is 0. The van der Waals surface area contributed by atoms with Crippen LogP contribution in [0.4, 0.5) is 0 Å². The molecule has 0 amide bonds. The van der Waals surface area contributed by atoms with Crippen molar-refractivity contribution in [3.63, 3.8) is 0 Å². The van der Waals surface area contributed by atoms with Crippen molar-refractivity contribution < 1.29 is 19.1 Å². The van der Waals surface area contributed by atoms with E-state index >= 15 is 0 Å².